The normalized spacial score (nSPS) is 10.8. The molecule has 0 aliphatic carbocycles. The second-order valence-corrected chi connectivity index (χ2v) is 5.81. The largest absolute Gasteiger partial charge is 0.381 e. The Hall–Kier alpha value is -3.15. The van der Waals surface area contributed by atoms with Crippen LogP contribution in [0.4, 0.5) is 11.4 Å². The highest BCUT2D eigenvalue weighted by molar-refractivity contribution is 5.80. The van der Waals surface area contributed by atoms with Crippen molar-refractivity contribution in [3.05, 3.63) is 79.6 Å². The molecule has 0 aliphatic rings. The predicted octanol–water partition coefficient (Wildman–Crippen LogP) is 3.67. The molecule has 24 heavy (non-hydrogen) atoms. The van der Waals surface area contributed by atoms with Gasteiger partial charge in [0.1, 0.15) is 0 Å². The number of hydrogen-bond donors (Lipinski definition) is 2. The van der Waals surface area contributed by atoms with Crippen LogP contribution < -0.4 is 10.9 Å². The molecule has 0 aliphatic heterocycles. The Bertz CT molecular complexity index is 992. The van der Waals surface area contributed by atoms with Crippen LogP contribution in [0, 0.1) is 24.0 Å². The molecule has 0 saturated heterocycles. The minimum absolute atomic E-state index is 0.0125. The molecule has 0 spiro atoms. The number of aromatic nitrogens is 1. The van der Waals surface area contributed by atoms with Crippen molar-refractivity contribution in [2.45, 2.75) is 20.4 Å². The third-order valence-electron chi connectivity index (χ3n) is 4.08. The van der Waals surface area contributed by atoms with E-state index in [2.05, 4.69) is 10.3 Å². The molecular weight excluding hydrogens is 306 g/mol. The van der Waals surface area contributed by atoms with Crippen molar-refractivity contribution in [2.75, 3.05) is 5.32 Å². The van der Waals surface area contributed by atoms with Gasteiger partial charge in [-0.1, -0.05) is 6.07 Å². The van der Waals surface area contributed by atoms with Crippen molar-refractivity contribution in [3.63, 3.8) is 0 Å². The lowest BCUT2D eigenvalue weighted by atomic mass is 10.0. The van der Waals surface area contributed by atoms with Gasteiger partial charge in [-0.05, 0) is 54.6 Å². The summed E-state index contributed by atoms with van der Waals surface area (Å²) in [4.78, 5) is 25.5. The molecule has 1 heterocycles. The van der Waals surface area contributed by atoms with E-state index in [1.54, 1.807) is 12.1 Å². The minimum atomic E-state index is -0.445. The first-order valence-electron chi connectivity index (χ1n) is 7.55. The van der Waals surface area contributed by atoms with Crippen molar-refractivity contribution in [1.82, 2.24) is 4.98 Å². The summed E-state index contributed by atoms with van der Waals surface area (Å²) in [5, 5.41) is 14.8. The van der Waals surface area contributed by atoms with E-state index < -0.39 is 4.92 Å². The van der Waals surface area contributed by atoms with Gasteiger partial charge in [-0.15, -0.1) is 0 Å². The Labute approximate surface area is 138 Å². The van der Waals surface area contributed by atoms with Gasteiger partial charge < -0.3 is 10.3 Å². The zero-order valence-electron chi connectivity index (χ0n) is 13.4. The number of nitrogens with one attached hydrogen (secondary N) is 2. The molecule has 0 atom stereocenters. The number of non-ortho nitro benzene ring substituents is 1. The van der Waals surface area contributed by atoms with Gasteiger partial charge in [-0.3, -0.25) is 14.9 Å². The van der Waals surface area contributed by atoms with Crippen molar-refractivity contribution >= 4 is 22.3 Å². The monoisotopic (exact) mass is 323 g/mol. The summed E-state index contributed by atoms with van der Waals surface area (Å²) in [6.45, 7) is 4.32. The van der Waals surface area contributed by atoms with Crippen LogP contribution in [0.15, 0.2) is 47.3 Å². The molecule has 0 fully saturated rings. The first-order chi connectivity index (χ1) is 11.4. The molecular formula is C18H17N3O3. The number of nitrogens with zero attached hydrogens (tertiary/aromatic N) is 1. The molecule has 0 amide bonds. The number of aromatic amines is 1. The lowest BCUT2D eigenvalue weighted by molar-refractivity contribution is -0.384. The quantitative estimate of drug-likeness (QED) is 0.566. The first kappa shape index (κ1) is 15.7. The number of fused-ring (bicyclic) bond motifs is 1. The van der Waals surface area contributed by atoms with E-state index in [0.29, 0.717) is 17.8 Å². The lowest BCUT2D eigenvalue weighted by Crippen LogP contribution is -2.15. The third kappa shape index (κ3) is 3.12. The van der Waals surface area contributed by atoms with E-state index in [0.717, 1.165) is 22.0 Å². The maximum atomic E-state index is 12.2. The third-order valence-corrected chi connectivity index (χ3v) is 4.08. The van der Waals surface area contributed by atoms with Crippen LogP contribution >= 0.6 is 0 Å². The van der Waals surface area contributed by atoms with Gasteiger partial charge in [-0.25, -0.2) is 0 Å². The van der Waals surface area contributed by atoms with E-state index in [1.165, 1.54) is 12.1 Å². The summed E-state index contributed by atoms with van der Waals surface area (Å²) >= 11 is 0. The number of hydrogen-bond acceptors (Lipinski definition) is 4. The van der Waals surface area contributed by atoms with Crippen LogP contribution in [0.3, 0.4) is 0 Å². The molecule has 1 aromatic heterocycles. The summed E-state index contributed by atoms with van der Waals surface area (Å²) in [7, 11) is 0. The second-order valence-electron chi connectivity index (χ2n) is 5.81. The van der Waals surface area contributed by atoms with Gasteiger partial charge >= 0.3 is 0 Å². The average Bonchev–Trinajstić information content (AvgIpc) is 2.55. The van der Waals surface area contributed by atoms with Crippen molar-refractivity contribution in [1.29, 1.82) is 0 Å². The van der Waals surface area contributed by atoms with E-state index in [-0.39, 0.29) is 11.2 Å². The molecule has 0 saturated carbocycles. The van der Waals surface area contributed by atoms with E-state index in [9.17, 15) is 14.9 Å². The maximum absolute atomic E-state index is 12.2. The lowest BCUT2D eigenvalue weighted by Gasteiger charge is -2.08. The van der Waals surface area contributed by atoms with Crippen LogP contribution in [0.5, 0.6) is 0 Å². The van der Waals surface area contributed by atoms with Crippen LogP contribution in [0.2, 0.25) is 0 Å². The summed E-state index contributed by atoms with van der Waals surface area (Å²) in [6, 6.07) is 12.1. The van der Waals surface area contributed by atoms with Gasteiger partial charge in [0.15, 0.2) is 0 Å². The summed E-state index contributed by atoms with van der Waals surface area (Å²) in [6.07, 6.45) is 0. The number of anilines is 1. The summed E-state index contributed by atoms with van der Waals surface area (Å²) in [5.74, 6) is 0. The van der Waals surface area contributed by atoms with Crippen LogP contribution in [0.1, 0.15) is 16.7 Å². The second kappa shape index (κ2) is 6.16. The molecule has 0 radical (unpaired) electrons. The van der Waals surface area contributed by atoms with Gasteiger partial charge in [0.05, 0.1) is 4.92 Å². The molecule has 3 rings (SSSR count). The molecule has 6 nitrogen and oxygen atoms in total. The zero-order valence-corrected chi connectivity index (χ0v) is 13.4. The molecule has 2 aromatic carbocycles. The van der Waals surface area contributed by atoms with Crippen LogP contribution in [-0.2, 0) is 6.54 Å². The fraction of sp³-hybridized carbons (Fsp3) is 0.167. The summed E-state index contributed by atoms with van der Waals surface area (Å²) in [5.41, 5.74) is 4.12. The molecule has 0 unspecified atom stereocenters. The molecule has 3 aromatic rings. The Morgan fingerprint density at radius 2 is 1.88 bits per heavy atom. The standard InChI is InChI=1S/C18H17N3O3/c1-11-6-13-8-14(18(22)20-17(13)7-12(11)2)10-19-15-4-3-5-16(9-15)21(23)24/h3-9,19H,10H2,1-2H3,(H,20,22). The van der Waals surface area contributed by atoms with E-state index in [4.69, 9.17) is 0 Å². The zero-order chi connectivity index (χ0) is 17.3. The Balaban J connectivity index is 1.89. The van der Waals surface area contributed by atoms with Crippen LogP contribution in [-0.4, -0.2) is 9.91 Å². The number of H-pyrrole nitrogens is 1. The fourth-order valence-electron chi connectivity index (χ4n) is 2.58. The number of benzene rings is 2. The molecule has 0 bridgehead atoms. The van der Waals surface area contributed by atoms with Gasteiger partial charge in [0.2, 0.25) is 0 Å². The molecule has 122 valence electrons. The van der Waals surface area contributed by atoms with Crippen molar-refractivity contribution in [3.8, 4) is 0 Å². The summed E-state index contributed by atoms with van der Waals surface area (Å²) < 4.78 is 0. The topological polar surface area (TPSA) is 88.0 Å². The average molecular weight is 323 g/mol. The van der Waals surface area contributed by atoms with Gasteiger partial charge in [0, 0.05) is 35.4 Å². The number of nitro benzene ring substituents is 1. The number of aryl methyl sites for hydroxylation is 2. The maximum Gasteiger partial charge on any atom is 0.271 e. The smallest absolute Gasteiger partial charge is 0.271 e. The Morgan fingerprint density at radius 3 is 2.62 bits per heavy atom. The van der Waals surface area contributed by atoms with Crippen molar-refractivity contribution < 1.29 is 4.92 Å². The minimum Gasteiger partial charge on any atom is -0.381 e. The first-order valence-corrected chi connectivity index (χ1v) is 7.55. The highest BCUT2D eigenvalue weighted by atomic mass is 16.6. The molecule has 2 N–H and O–H groups in total. The number of pyridine rings is 1. The highest BCUT2D eigenvalue weighted by Crippen LogP contribution is 2.19. The van der Waals surface area contributed by atoms with Gasteiger partial charge in [0.25, 0.3) is 11.2 Å². The SMILES string of the molecule is Cc1cc2cc(CNc3cccc([N+](=O)[O-])c3)c(=O)[nH]c2cc1C. The van der Waals surface area contributed by atoms with Crippen LogP contribution in [0.25, 0.3) is 10.9 Å². The number of nitro groups is 1. The van der Waals surface area contributed by atoms with Gasteiger partial charge in [-0.2, -0.15) is 0 Å². The fourth-order valence-corrected chi connectivity index (χ4v) is 2.58. The predicted molar refractivity (Wildman–Crippen MR) is 94.5 cm³/mol. The highest BCUT2D eigenvalue weighted by Gasteiger charge is 2.07. The van der Waals surface area contributed by atoms with Crippen molar-refractivity contribution in [2.24, 2.45) is 0 Å². The number of rotatable bonds is 4. The van der Waals surface area contributed by atoms with E-state index in [1.807, 2.05) is 32.0 Å². The Morgan fingerprint density at radius 1 is 1.12 bits per heavy atom. The van der Waals surface area contributed by atoms with E-state index >= 15 is 0 Å². The molecule has 6 heteroatoms. The Kier molecular flexibility index (Phi) is 4.04.